The Balaban J connectivity index is 1.38. The third kappa shape index (κ3) is 5.53. The molecule has 2 N–H and O–H groups in total. The van der Waals surface area contributed by atoms with Gasteiger partial charge in [0.2, 0.25) is 5.91 Å². The second kappa shape index (κ2) is 10.8. The number of ether oxygens (including phenoxy) is 2. The van der Waals surface area contributed by atoms with Crippen LogP contribution in [0.3, 0.4) is 0 Å². The van der Waals surface area contributed by atoms with E-state index in [4.69, 9.17) is 9.47 Å². The normalized spacial score (nSPS) is 19.9. The van der Waals surface area contributed by atoms with Gasteiger partial charge in [0, 0.05) is 10.8 Å². The average Bonchev–Trinajstić information content (AvgIpc) is 3.34. The number of morpholine rings is 1. The number of carbonyl (C=O) groups is 1. The van der Waals surface area contributed by atoms with Crippen LogP contribution < -0.4 is 15.0 Å². The van der Waals surface area contributed by atoms with E-state index >= 15 is 0 Å². The maximum absolute atomic E-state index is 12.8. The molecule has 1 aliphatic carbocycles. The van der Waals surface area contributed by atoms with Crippen LogP contribution in [0.4, 0.5) is 0 Å². The summed E-state index contributed by atoms with van der Waals surface area (Å²) in [6.45, 7) is 12.7. The second-order valence-corrected chi connectivity index (χ2v) is 10.4. The molecular weight excluding hydrogens is 420 g/mol. The molecule has 0 radical (unpaired) electrons. The first kappa shape index (κ1) is 23.3. The van der Waals surface area contributed by atoms with Crippen molar-refractivity contribution in [1.29, 1.82) is 0 Å². The van der Waals surface area contributed by atoms with Crippen molar-refractivity contribution in [2.24, 2.45) is 11.8 Å². The van der Waals surface area contributed by atoms with E-state index in [-0.39, 0.29) is 11.8 Å². The van der Waals surface area contributed by atoms with Gasteiger partial charge in [-0.2, -0.15) is 0 Å². The Bertz CT molecular complexity index is 906. The second-order valence-electron chi connectivity index (χ2n) is 9.32. The number of nitrogens with one attached hydrogen (secondary N) is 2. The van der Waals surface area contributed by atoms with Gasteiger partial charge in [0.15, 0.2) is 0 Å². The summed E-state index contributed by atoms with van der Waals surface area (Å²) in [5.41, 5.74) is 5.47. The van der Waals surface area contributed by atoms with Gasteiger partial charge in [-0.25, -0.2) is 0 Å². The standard InChI is InChI=1S/C26H36N2O3S/c1-18-15-25(31-13-10-28-8-11-30-12-9-28)20(3)24-16-21(6-7-23(18)24)19(2)26(29)27-17-22-5-4-14-32-22/h4-5,14-15,19,21H,6-13,16-17H2,1-3H3,(H,27,29)/p+1/t19-,21+/m0/s1. The molecular formula is C26H37N2O3S+. The third-order valence-electron chi connectivity index (χ3n) is 7.29. The van der Waals surface area contributed by atoms with Gasteiger partial charge in [-0.05, 0) is 78.8 Å². The molecule has 0 unspecified atom stereocenters. The first-order chi connectivity index (χ1) is 15.5. The van der Waals surface area contributed by atoms with Crippen molar-refractivity contribution in [2.75, 3.05) is 39.5 Å². The highest BCUT2D eigenvalue weighted by atomic mass is 32.1. The minimum atomic E-state index is 0.0114. The Hall–Kier alpha value is -1.89. The highest BCUT2D eigenvalue weighted by Crippen LogP contribution is 2.37. The summed E-state index contributed by atoms with van der Waals surface area (Å²) in [4.78, 5) is 15.6. The minimum absolute atomic E-state index is 0.0114. The van der Waals surface area contributed by atoms with Crippen LogP contribution in [0.1, 0.15) is 40.5 Å². The van der Waals surface area contributed by atoms with Crippen LogP contribution in [0.25, 0.3) is 0 Å². The summed E-state index contributed by atoms with van der Waals surface area (Å²) < 4.78 is 11.7. The number of hydrogen-bond donors (Lipinski definition) is 2. The molecule has 6 heteroatoms. The molecule has 1 amide bonds. The van der Waals surface area contributed by atoms with Crippen molar-refractivity contribution in [3.8, 4) is 5.75 Å². The van der Waals surface area contributed by atoms with Crippen LogP contribution in [0.15, 0.2) is 23.6 Å². The Labute approximate surface area is 196 Å². The molecule has 4 rings (SSSR count). The summed E-state index contributed by atoms with van der Waals surface area (Å²) in [6, 6.07) is 6.32. The topological polar surface area (TPSA) is 52.0 Å². The highest BCUT2D eigenvalue weighted by Gasteiger charge is 2.30. The lowest BCUT2D eigenvalue weighted by Gasteiger charge is -2.31. The fourth-order valence-corrected chi connectivity index (χ4v) is 5.72. The van der Waals surface area contributed by atoms with Gasteiger partial charge in [-0.3, -0.25) is 4.79 Å². The fraction of sp³-hybridized carbons (Fsp3) is 0.577. The molecule has 5 nitrogen and oxygen atoms in total. The maximum Gasteiger partial charge on any atom is 0.223 e. The molecule has 174 valence electrons. The van der Waals surface area contributed by atoms with E-state index < -0.39 is 0 Å². The van der Waals surface area contributed by atoms with Crippen molar-refractivity contribution < 1.29 is 19.2 Å². The van der Waals surface area contributed by atoms with E-state index in [9.17, 15) is 4.79 Å². The summed E-state index contributed by atoms with van der Waals surface area (Å²) >= 11 is 1.69. The Morgan fingerprint density at radius 2 is 2.12 bits per heavy atom. The number of quaternary nitrogens is 1. The molecule has 32 heavy (non-hydrogen) atoms. The van der Waals surface area contributed by atoms with Gasteiger partial charge in [-0.1, -0.05) is 13.0 Å². The van der Waals surface area contributed by atoms with Crippen LogP contribution in [-0.2, 0) is 28.9 Å². The van der Waals surface area contributed by atoms with Crippen LogP contribution in [0.5, 0.6) is 5.75 Å². The number of benzene rings is 1. The molecule has 1 aromatic carbocycles. The number of hydrogen-bond acceptors (Lipinski definition) is 4. The van der Waals surface area contributed by atoms with E-state index in [1.807, 2.05) is 6.07 Å². The molecule has 0 spiro atoms. The largest absolute Gasteiger partial charge is 0.487 e. The SMILES string of the molecule is Cc1cc(OCC[NH+]2CCOCC2)c(C)c2c1CC[C@@H]([C@H](C)C(=O)NCc1cccs1)C2. The third-order valence-corrected chi connectivity index (χ3v) is 8.17. The van der Waals surface area contributed by atoms with Crippen LogP contribution in [0.2, 0.25) is 0 Å². The number of fused-ring (bicyclic) bond motifs is 1. The molecule has 2 aliphatic rings. The molecule has 2 heterocycles. The van der Waals surface area contributed by atoms with E-state index in [1.165, 1.54) is 27.1 Å². The number of amides is 1. The van der Waals surface area contributed by atoms with Crippen molar-refractivity contribution in [3.05, 3.63) is 50.7 Å². The van der Waals surface area contributed by atoms with Gasteiger partial charge >= 0.3 is 0 Å². The fourth-order valence-electron chi connectivity index (χ4n) is 5.08. The van der Waals surface area contributed by atoms with E-state index in [1.54, 1.807) is 16.2 Å². The first-order valence-electron chi connectivity index (χ1n) is 12.0. The van der Waals surface area contributed by atoms with Crippen LogP contribution in [-0.4, -0.2) is 45.4 Å². The monoisotopic (exact) mass is 457 g/mol. The molecule has 2 aromatic rings. The van der Waals surface area contributed by atoms with E-state index in [0.717, 1.165) is 64.5 Å². The van der Waals surface area contributed by atoms with Gasteiger partial charge in [0.25, 0.3) is 0 Å². The summed E-state index contributed by atoms with van der Waals surface area (Å²) in [7, 11) is 0. The zero-order valence-electron chi connectivity index (χ0n) is 19.7. The van der Waals surface area contributed by atoms with Crippen LogP contribution in [0, 0.1) is 25.7 Å². The lowest BCUT2D eigenvalue weighted by atomic mass is 9.74. The van der Waals surface area contributed by atoms with Gasteiger partial charge in [0.1, 0.15) is 32.0 Å². The van der Waals surface area contributed by atoms with Gasteiger partial charge in [0.05, 0.1) is 19.8 Å². The molecule has 1 aliphatic heterocycles. The summed E-state index contributed by atoms with van der Waals surface area (Å²) in [5.74, 6) is 1.57. The zero-order chi connectivity index (χ0) is 22.5. The van der Waals surface area contributed by atoms with Gasteiger partial charge < -0.3 is 19.7 Å². The number of carbonyl (C=O) groups excluding carboxylic acids is 1. The van der Waals surface area contributed by atoms with E-state index in [0.29, 0.717) is 12.5 Å². The first-order valence-corrected chi connectivity index (χ1v) is 12.9. The maximum atomic E-state index is 12.8. The Kier molecular flexibility index (Phi) is 7.87. The van der Waals surface area contributed by atoms with Crippen molar-refractivity contribution in [2.45, 2.75) is 46.6 Å². The summed E-state index contributed by atoms with van der Waals surface area (Å²) in [5, 5.41) is 5.19. The molecule has 1 fully saturated rings. The van der Waals surface area contributed by atoms with Crippen molar-refractivity contribution >= 4 is 17.2 Å². The van der Waals surface area contributed by atoms with Crippen molar-refractivity contribution in [1.82, 2.24) is 5.32 Å². The number of aryl methyl sites for hydroxylation is 1. The van der Waals surface area contributed by atoms with Crippen LogP contribution >= 0.6 is 11.3 Å². The average molecular weight is 458 g/mol. The van der Waals surface area contributed by atoms with Crippen molar-refractivity contribution in [3.63, 3.8) is 0 Å². The molecule has 0 bridgehead atoms. The number of thiophene rings is 1. The lowest BCUT2D eigenvalue weighted by Crippen LogP contribution is -3.14. The predicted molar refractivity (Wildman–Crippen MR) is 129 cm³/mol. The molecule has 2 atom stereocenters. The quantitative estimate of drug-likeness (QED) is 0.641. The van der Waals surface area contributed by atoms with E-state index in [2.05, 4.69) is 43.6 Å². The molecule has 1 saturated heterocycles. The highest BCUT2D eigenvalue weighted by molar-refractivity contribution is 7.09. The molecule has 1 aromatic heterocycles. The summed E-state index contributed by atoms with van der Waals surface area (Å²) in [6.07, 6.45) is 3.08. The van der Waals surface area contributed by atoms with Gasteiger partial charge in [-0.15, -0.1) is 11.3 Å². The lowest BCUT2D eigenvalue weighted by molar-refractivity contribution is -0.908. The minimum Gasteiger partial charge on any atom is -0.487 e. The Morgan fingerprint density at radius 3 is 2.88 bits per heavy atom. The molecule has 0 saturated carbocycles. The number of rotatable bonds is 8. The zero-order valence-corrected chi connectivity index (χ0v) is 20.5. The predicted octanol–water partition coefficient (Wildman–Crippen LogP) is 2.72. The Morgan fingerprint density at radius 1 is 1.31 bits per heavy atom. The smallest absolute Gasteiger partial charge is 0.223 e.